The summed E-state index contributed by atoms with van der Waals surface area (Å²) >= 11 is 5.88. The average Bonchev–Trinajstić information content (AvgIpc) is 2.83. The number of hydrogen-bond acceptors (Lipinski definition) is 3. The Labute approximate surface area is 129 Å². The molecule has 0 atom stereocenters. The Hall–Kier alpha value is -1.85. The molecule has 2 aromatic rings. The molecule has 2 rings (SSSR count). The van der Waals surface area contributed by atoms with E-state index < -0.39 is 0 Å². The predicted octanol–water partition coefficient (Wildman–Crippen LogP) is 2.67. The van der Waals surface area contributed by atoms with Gasteiger partial charge in [-0.15, -0.1) is 0 Å². The number of carbonyl (C=O) groups is 1. The highest BCUT2D eigenvalue weighted by Gasteiger charge is 2.06. The van der Waals surface area contributed by atoms with E-state index in [2.05, 4.69) is 29.5 Å². The molecule has 1 aromatic heterocycles. The number of aromatic nitrogens is 2. The molecule has 0 aliphatic carbocycles. The predicted molar refractivity (Wildman–Crippen MR) is 84.3 cm³/mol. The van der Waals surface area contributed by atoms with Gasteiger partial charge in [0.2, 0.25) is 5.91 Å². The largest absolute Gasteiger partial charge is 0.328 e. The smallest absolute Gasteiger partial charge is 0.244 e. The summed E-state index contributed by atoms with van der Waals surface area (Å²) in [5.74, 6) is -0.113. The van der Waals surface area contributed by atoms with Crippen molar-refractivity contribution in [2.45, 2.75) is 33.0 Å². The van der Waals surface area contributed by atoms with E-state index in [-0.39, 0.29) is 12.5 Å². The van der Waals surface area contributed by atoms with E-state index >= 15 is 0 Å². The summed E-state index contributed by atoms with van der Waals surface area (Å²) in [6.45, 7) is 5.08. The fourth-order valence-electron chi connectivity index (χ4n) is 1.83. The minimum atomic E-state index is -0.113. The molecule has 6 heteroatoms. The summed E-state index contributed by atoms with van der Waals surface area (Å²) < 4.78 is 1.76. The van der Waals surface area contributed by atoms with Gasteiger partial charge in [-0.2, -0.15) is 0 Å². The summed E-state index contributed by atoms with van der Waals surface area (Å²) in [6, 6.07) is 7.48. The normalized spacial score (nSPS) is 10.9. The number of nitrogens with one attached hydrogen (secondary N) is 2. The molecular weight excluding hydrogens is 288 g/mol. The van der Waals surface area contributed by atoms with Crippen molar-refractivity contribution in [1.82, 2.24) is 14.9 Å². The molecule has 1 heterocycles. The summed E-state index contributed by atoms with van der Waals surface area (Å²) in [6.07, 6.45) is 3.53. The van der Waals surface area contributed by atoms with Crippen LogP contribution in [0.15, 0.2) is 36.8 Å². The van der Waals surface area contributed by atoms with E-state index in [0.29, 0.717) is 23.3 Å². The van der Waals surface area contributed by atoms with Crippen molar-refractivity contribution in [2.24, 2.45) is 0 Å². The number of hydrogen-bond donors (Lipinski definition) is 2. The number of benzene rings is 1. The van der Waals surface area contributed by atoms with E-state index in [1.165, 1.54) is 0 Å². The Bertz CT molecular complexity index is 609. The molecule has 1 amide bonds. The van der Waals surface area contributed by atoms with Gasteiger partial charge in [0.05, 0.1) is 12.0 Å². The van der Waals surface area contributed by atoms with Crippen LogP contribution in [0.4, 0.5) is 5.69 Å². The highest BCUT2D eigenvalue weighted by molar-refractivity contribution is 6.30. The van der Waals surface area contributed by atoms with Gasteiger partial charge in [0.25, 0.3) is 0 Å². The summed E-state index contributed by atoms with van der Waals surface area (Å²) in [7, 11) is 0. The lowest BCUT2D eigenvalue weighted by Gasteiger charge is -2.06. The monoisotopic (exact) mass is 306 g/mol. The van der Waals surface area contributed by atoms with E-state index in [1.54, 1.807) is 35.2 Å². The van der Waals surface area contributed by atoms with Crippen LogP contribution in [0.3, 0.4) is 0 Å². The number of imidazole rings is 1. The minimum absolute atomic E-state index is 0.113. The topological polar surface area (TPSA) is 59.0 Å². The van der Waals surface area contributed by atoms with Crippen LogP contribution < -0.4 is 10.6 Å². The maximum Gasteiger partial charge on any atom is 0.244 e. The molecule has 0 saturated carbocycles. The number of rotatable bonds is 6. The first kappa shape index (κ1) is 15.5. The third-order valence-electron chi connectivity index (χ3n) is 2.81. The molecule has 2 N–H and O–H groups in total. The highest BCUT2D eigenvalue weighted by Crippen LogP contribution is 2.14. The Morgan fingerprint density at radius 2 is 2.24 bits per heavy atom. The first-order valence-corrected chi connectivity index (χ1v) is 7.20. The molecule has 5 nitrogen and oxygen atoms in total. The molecule has 0 unspecified atom stereocenters. The maximum absolute atomic E-state index is 12.0. The van der Waals surface area contributed by atoms with Gasteiger partial charge in [-0.05, 0) is 18.2 Å². The molecule has 0 radical (unpaired) electrons. The second-order valence-electron chi connectivity index (χ2n) is 5.13. The molecule has 0 aliphatic rings. The second-order valence-corrected chi connectivity index (χ2v) is 5.57. The lowest BCUT2D eigenvalue weighted by Crippen LogP contribution is -2.22. The lowest BCUT2D eigenvalue weighted by molar-refractivity contribution is -0.116. The van der Waals surface area contributed by atoms with E-state index in [1.807, 2.05) is 6.20 Å². The molecule has 1 aromatic carbocycles. The molecule has 0 bridgehead atoms. The van der Waals surface area contributed by atoms with Crippen LogP contribution >= 0.6 is 11.6 Å². The van der Waals surface area contributed by atoms with Crippen LogP contribution in [0.25, 0.3) is 0 Å². The van der Waals surface area contributed by atoms with Gasteiger partial charge < -0.3 is 15.2 Å². The van der Waals surface area contributed by atoms with Crippen LogP contribution in [0.2, 0.25) is 5.02 Å². The maximum atomic E-state index is 12.0. The number of nitrogens with zero attached hydrogens (tertiary/aromatic N) is 2. The molecule has 112 valence electrons. The zero-order valence-electron chi connectivity index (χ0n) is 12.1. The number of halogens is 1. The van der Waals surface area contributed by atoms with E-state index in [0.717, 1.165) is 5.69 Å². The third-order valence-corrected chi connectivity index (χ3v) is 3.05. The summed E-state index contributed by atoms with van der Waals surface area (Å²) in [5, 5.41) is 6.68. The number of amides is 1. The van der Waals surface area contributed by atoms with Gasteiger partial charge in [-0.25, -0.2) is 4.98 Å². The average molecular weight is 307 g/mol. The van der Waals surface area contributed by atoms with Crippen molar-refractivity contribution in [1.29, 1.82) is 0 Å². The second kappa shape index (κ2) is 7.24. The van der Waals surface area contributed by atoms with Crippen molar-refractivity contribution < 1.29 is 4.79 Å². The Balaban J connectivity index is 1.88. The van der Waals surface area contributed by atoms with Gasteiger partial charge in [-0.3, -0.25) is 4.79 Å². The van der Waals surface area contributed by atoms with Crippen molar-refractivity contribution in [2.75, 3.05) is 5.32 Å². The van der Waals surface area contributed by atoms with Crippen molar-refractivity contribution in [3.8, 4) is 0 Å². The van der Waals surface area contributed by atoms with Crippen LogP contribution in [0.1, 0.15) is 19.5 Å². The van der Waals surface area contributed by atoms with Crippen LogP contribution in [-0.4, -0.2) is 21.5 Å². The van der Waals surface area contributed by atoms with Crippen molar-refractivity contribution in [3.05, 3.63) is 47.5 Å². The van der Waals surface area contributed by atoms with Crippen LogP contribution in [0.5, 0.6) is 0 Å². The fraction of sp³-hybridized carbons (Fsp3) is 0.333. The lowest BCUT2D eigenvalue weighted by atomic mass is 10.3. The van der Waals surface area contributed by atoms with Gasteiger partial charge in [-0.1, -0.05) is 31.5 Å². The first-order chi connectivity index (χ1) is 10.0. The van der Waals surface area contributed by atoms with Crippen molar-refractivity contribution >= 4 is 23.2 Å². The minimum Gasteiger partial charge on any atom is -0.328 e. The molecule has 0 spiro atoms. The zero-order valence-corrected chi connectivity index (χ0v) is 12.9. The Kier molecular flexibility index (Phi) is 5.36. The van der Waals surface area contributed by atoms with Crippen LogP contribution in [0, 0.1) is 0 Å². The number of carbonyl (C=O) groups excluding carboxylic acids is 1. The first-order valence-electron chi connectivity index (χ1n) is 6.82. The van der Waals surface area contributed by atoms with E-state index in [4.69, 9.17) is 11.6 Å². The van der Waals surface area contributed by atoms with E-state index in [9.17, 15) is 4.79 Å². The number of anilines is 1. The SMILES string of the molecule is CC(C)NCc1cn(CC(=O)Nc2cccc(Cl)c2)cn1. The highest BCUT2D eigenvalue weighted by atomic mass is 35.5. The Morgan fingerprint density at radius 1 is 1.43 bits per heavy atom. The molecule has 0 saturated heterocycles. The fourth-order valence-corrected chi connectivity index (χ4v) is 2.02. The van der Waals surface area contributed by atoms with Gasteiger partial charge in [0.1, 0.15) is 6.54 Å². The van der Waals surface area contributed by atoms with Crippen molar-refractivity contribution in [3.63, 3.8) is 0 Å². The standard InChI is InChI=1S/C15H19ClN4O/c1-11(2)17-7-14-8-20(10-18-14)9-15(21)19-13-5-3-4-12(16)6-13/h3-6,8,10-11,17H,7,9H2,1-2H3,(H,19,21). The van der Waals surface area contributed by atoms with Gasteiger partial charge >= 0.3 is 0 Å². The molecule has 0 aliphatic heterocycles. The Morgan fingerprint density at radius 3 is 2.95 bits per heavy atom. The van der Waals surface area contributed by atoms with Gasteiger partial charge in [0.15, 0.2) is 0 Å². The molecule has 21 heavy (non-hydrogen) atoms. The molecule has 0 fully saturated rings. The zero-order chi connectivity index (χ0) is 15.2. The van der Waals surface area contributed by atoms with Crippen LogP contribution in [-0.2, 0) is 17.9 Å². The van der Waals surface area contributed by atoms with Gasteiger partial charge in [0, 0.05) is 29.5 Å². The third kappa shape index (κ3) is 5.21. The summed E-state index contributed by atoms with van der Waals surface area (Å²) in [5.41, 5.74) is 1.61. The summed E-state index contributed by atoms with van der Waals surface area (Å²) in [4.78, 5) is 16.2. The molecular formula is C15H19ClN4O. The quantitative estimate of drug-likeness (QED) is 0.862.